The van der Waals surface area contributed by atoms with E-state index in [1.165, 1.54) is 16.7 Å². The smallest absolute Gasteiger partial charge is 0.254 e. The van der Waals surface area contributed by atoms with E-state index < -0.39 is 0 Å². The van der Waals surface area contributed by atoms with Crippen LogP contribution in [0.1, 0.15) is 46.1 Å². The maximum absolute atomic E-state index is 12.8. The van der Waals surface area contributed by atoms with Crippen molar-refractivity contribution in [2.75, 3.05) is 6.54 Å². The second-order valence-corrected chi connectivity index (χ2v) is 7.52. The predicted molar refractivity (Wildman–Crippen MR) is 115 cm³/mol. The van der Waals surface area contributed by atoms with Gasteiger partial charge >= 0.3 is 0 Å². The average Bonchev–Trinajstić information content (AvgIpc) is 3.08. The molecule has 0 unspecified atom stereocenters. The van der Waals surface area contributed by atoms with E-state index in [2.05, 4.69) is 49.4 Å². The van der Waals surface area contributed by atoms with Gasteiger partial charge in [0.15, 0.2) is 0 Å². The SMILES string of the molecule is CCCc1c(C(=O)NCCc2ccc(C)cc2C)cnn1-c1ccc(Cl)cc1. The molecule has 0 bridgehead atoms. The summed E-state index contributed by atoms with van der Waals surface area (Å²) in [5.41, 5.74) is 6.24. The molecule has 1 N–H and O–H groups in total. The molecule has 1 amide bonds. The fraction of sp³-hybridized carbons (Fsp3) is 0.304. The molecule has 0 saturated heterocycles. The number of rotatable bonds is 7. The van der Waals surface area contributed by atoms with E-state index in [9.17, 15) is 4.79 Å². The van der Waals surface area contributed by atoms with Crippen LogP contribution in [0.25, 0.3) is 5.69 Å². The number of amides is 1. The van der Waals surface area contributed by atoms with E-state index in [1.807, 2.05) is 28.9 Å². The number of aryl methyl sites for hydroxylation is 2. The second-order valence-electron chi connectivity index (χ2n) is 7.08. The molecule has 0 aliphatic heterocycles. The minimum absolute atomic E-state index is 0.0755. The lowest BCUT2D eigenvalue weighted by atomic mass is 10.0. The molecule has 3 aromatic rings. The molecular weight excluding hydrogens is 370 g/mol. The molecular formula is C23H26ClN3O. The van der Waals surface area contributed by atoms with Crippen LogP contribution >= 0.6 is 11.6 Å². The van der Waals surface area contributed by atoms with Crippen LogP contribution in [0.5, 0.6) is 0 Å². The van der Waals surface area contributed by atoms with E-state index in [1.54, 1.807) is 6.20 Å². The Labute approximate surface area is 171 Å². The normalized spacial score (nSPS) is 10.9. The maximum Gasteiger partial charge on any atom is 0.254 e. The highest BCUT2D eigenvalue weighted by Crippen LogP contribution is 2.19. The highest BCUT2D eigenvalue weighted by Gasteiger charge is 2.17. The number of halogens is 1. The molecule has 1 aromatic heterocycles. The van der Waals surface area contributed by atoms with Crippen LogP contribution in [-0.2, 0) is 12.8 Å². The van der Waals surface area contributed by atoms with Crippen LogP contribution in [-0.4, -0.2) is 22.2 Å². The summed E-state index contributed by atoms with van der Waals surface area (Å²) < 4.78 is 1.83. The maximum atomic E-state index is 12.8. The molecule has 5 heteroatoms. The van der Waals surface area contributed by atoms with Crippen molar-refractivity contribution in [3.05, 3.63) is 81.6 Å². The first kappa shape index (κ1) is 20.2. The van der Waals surface area contributed by atoms with E-state index in [-0.39, 0.29) is 5.91 Å². The van der Waals surface area contributed by atoms with Gasteiger partial charge < -0.3 is 5.32 Å². The van der Waals surface area contributed by atoms with Gasteiger partial charge in [-0.25, -0.2) is 4.68 Å². The Kier molecular flexibility index (Phi) is 6.53. The van der Waals surface area contributed by atoms with Gasteiger partial charge in [0.25, 0.3) is 5.91 Å². The number of benzene rings is 2. The van der Waals surface area contributed by atoms with Gasteiger partial charge in [0.2, 0.25) is 0 Å². The minimum atomic E-state index is -0.0755. The van der Waals surface area contributed by atoms with Crippen LogP contribution < -0.4 is 5.32 Å². The molecule has 146 valence electrons. The van der Waals surface area contributed by atoms with E-state index in [0.717, 1.165) is 30.6 Å². The summed E-state index contributed by atoms with van der Waals surface area (Å²) in [6, 6.07) is 13.9. The third kappa shape index (κ3) is 4.63. The lowest BCUT2D eigenvalue weighted by Crippen LogP contribution is -2.26. The summed E-state index contributed by atoms with van der Waals surface area (Å²) in [6.07, 6.45) is 4.18. The molecule has 0 radical (unpaired) electrons. The largest absolute Gasteiger partial charge is 0.352 e. The summed E-state index contributed by atoms with van der Waals surface area (Å²) in [5, 5.41) is 8.19. The zero-order chi connectivity index (χ0) is 20.1. The van der Waals surface area contributed by atoms with E-state index in [0.29, 0.717) is 17.1 Å². The zero-order valence-corrected chi connectivity index (χ0v) is 17.4. The Balaban J connectivity index is 1.73. The van der Waals surface area contributed by atoms with Crippen molar-refractivity contribution < 1.29 is 4.79 Å². The standard InChI is InChI=1S/C23H26ClN3O/c1-4-5-22-21(15-26-27(22)20-10-8-19(24)9-11-20)23(28)25-13-12-18-7-6-16(2)14-17(18)3/h6-11,14-15H,4-5,12-13H2,1-3H3,(H,25,28). The van der Waals surface area contributed by atoms with Gasteiger partial charge in [-0.3, -0.25) is 4.79 Å². The van der Waals surface area contributed by atoms with Crippen LogP contribution in [0.2, 0.25) is 5.02 Å². The Morgan fingerprint density at radius 1 is 1.11 bits per heavy atom. The van der Waals surface area contributed by atoms with Gasteiger partial charge in [0.05, 0.1) is 23.1 Å². The van der Waals surface area contributed by atoms with Gasteiger partial charge in [-0.05, 0) is 62.1 Å². The minimum Gasteiger partial charge on any atom is -0.352 e. The summed E-state index contributed by atoms with van der Waals surface area (Å²) in [4.78, 5) is 12.8. The monoisotopic (exact) mass is 395 g/mol. The third-order valence-corrected chi connectivity index (χ3v) is 5.10. The van der Waals surface area contributed by atoms with Crippen molar-refractivity contribution in [2.24, 2.45) is 0 Å². The first-order chi connectivity index (χ1) is 13.5. The molecule has 1 heterocycles. The summed E-state index contributed by atoms with van der Waals surface area (Å²) in [5.74, 6) is -0.0755. The Hall–Kier alpha value is -2.59. The molecule has 0 saturated carbocycles. The lowest BCUT2D eigenvalue weighted by molar-refractivity contribution is 0.0953. The first-order valence-corrected chi connectivity index (χ1v) is 10.0. The predicted octanol–water partition coefficient (Wildman–Crippen LogP) is 5.07. The molecule has 0 atom stereocenters. The molecule has 28 heavy (non-hydrogen) atoms. The Morgan fingerprint density at radius 3 is 2.54 bits per heavy atom. The van der Waals surface area contributed by atoms with Crippen molar-refractivity contribution in [1.82, 2.24) is 15.1 Å². The number of carbonyl (C=O) groups is 1. The molecule has 0 spiro atoms. The summed E-state index contributed by atoms with van der Waals surface area (Å²) >= 11 is 5.99. The molecule has 0 fully saturated rings. The van der Waals surface area contributed by atoms with Crippen LogP contribution in [0.15, 0.2) is 48.7 Å². The van der Waals surface area contributed by atoms with Gasteiger partial charge in [-0.15, -0.1) is 0 Å². The quantitative estimate of drug-likeness (QED) is 0.607. The highest BCUT2D eigenvalue weighted by atomic mass is 35.5. The highest BCUT2D eigenvalue weighted by molar-refractivity contribution is 6.30. The Morgan fingerprint density at radius 2 is 1.86 bits per heavy atom. The zero-order valence-electron chi connectivity index (χ0n) is 16.6. The molecule has 3 rings (SSSR count). The van der Waals surface area contributed by atoms with Gasteiger partial charge in [0, 0.05) is 11.6 Å². The Bertz CT molecular complexity index is 960. The summed E-state index contributed by atoms with van der Waals surface area (Å²) in [7, 11) is 0. The van der Waals surface area contributed by atoms with Crippen LogP contribution in [0.3, 0.4) is 0 Å². The third-order valence-electron chi connectivity index (χ3n) is 4.85. The average molecular weight is 396 g/mol. The van der Waals surface area contributed by atoms with Crippen molar-refractivity contribution in [3.8, 4) is 5.69 Å². The molecule has 2 aromatic carbocycles. The molecule has 4 nitrogen and oxygen atoms in total. The van der Waals surface area contributed by atoms with E-state index in [4.69, 9.17) is 11.6 Å². The molecule has 0 aliphatic carbocycles. The molecule has 0 aliphatic rings. The van der Waals surface area contributed by atoms with Crippen molar-refractivity contribution >= 4 is 17.5 Å². The number of carbonyl (C=O) groups excluding carboxylic acids is 1. The number of aromatic nitrogens is 2. The van der Waals surface area contributed by atoms with Crippen LogP contribution in [0.4, 0.5) is 0 Å². The lowest BCUT2D eigenvalue weighted by Gasteiger charge is -2.11. The number of nitrogens with zero attached hydrogens (tertiary/aromatic N) is 2. The fourth-order valence-electron chi connectivity index (χ4n) is 3.38. The second kappa shape index (κ2) is 9.07. The van der Waals surface area contributed by atoms with Crippen molar-refractivity contribution in [1.29, 1.82) is 0 Å². The number of nitrogens with one attached hydrogen (secondary N) is 1. The van der Waals surface area contributed by atoms with Gasteiger partial charge in [0.1, 0.15) is 0 Å². The van der Waals surface area contributed by atoms with Gasteiger partial charge in [-0.1, -0.05) is 48.7 Å². The number of hydrogen-bond donors (Lipinski definition) is 1. The van der Waals surface area contributed by atoms with Gasteiger partial charge in [-0.2, -0.15) is 5.10 Å². The van der Waals surface area contributed by atoms with Crippen molar-refractivity contribution in [3.63, 3.8) is 0 Å². The van der Waals surface area contributed by atoms with Crippen LogP contribution in [0, 0.1) is 13.8 Å². The topological polar surface area (TPSA) is 46.9 Å². The fourth-order valence-corrected chi connectivity index (χ4v) is 3.50. The number of hydrogen-bond acceptors (Lipinski definition) is 2. The summed E-state index contributed by atoms with van der Waals surface area (Å²) in [6.45, 7) is 6.90. The van der Waals surface area contributed by atoms with Crippen molar-refractivity contribution in [2.45, 2.75) is 40.0 Å². The van der Waals surface area contributed by atoms with E-state index >= 15 is 0 Å². The first-order valence-electron chi connectivity index (χ1n) is 9.66.